The lowest BCUT2D eigenvalue weighted by molar-refractivity contribution is 0.0953. The third kappa shape index (κ3) is 5.08. The Hall–Kier alpha value is -2.34. The zero-order valence-corrected chi connectivity index (χ0v) is 15.3. The van der Waals surface area contributed by atoms with Gasteiger partial charge in [0.1, 0.15) is 0 Å². The van der Waals surface area contributed by atoms with Crippen molar-refractivity contribution in [2.75, 3.05) is 19.8 Å². The van der Waals surface area contributed by atoms with E-state index in [0.29, 0.717) is 37.7 Å². The van der Waals surface area contributed by atoms with E-state index in [1.165, 1.54) is 0 Å². The van der Waals surface area contributed by atoms with Crippen molar-refractivity contribution in [3.05, 3.63) is 58.1 Å². The van der Waals surface area contributed by atoms with Crippen LogP contribution < -0.4 is 14.8 Å². The van der Waals surface area contributed by atoms with Gasteiger partial charge in [-0.05, 0) is 50.1 Å². The van der Waals surface area contributed by atoms with Crippen molar-refractivity contribution < 1.29 is 23.0 Å². The standard InChI is InChI=1S/C19H20ClF2NO3/c1-3-25-17-6-5-12(9-18(17)26-4-2)7-8-23-19(24)13-10-15(21)16(22)11-14(13)20/h5-6,9-11H,3-4,7-8H2,1-2H3,(H,23,24). The smallest absolute Gasteiger partial charge is 0.252 e. The van der Waals surface area contributed by atoms with E-state index >= 15 is 0 Å². The van der Waals surface area contributed by atoms with Crippen LogP contribution in [-0.4, -0.2) is 25.7 Å². The second-order valence-electron chi connectivity index (χ2n) is 5.40. The third-order valence-corrected chi connectivity index (χ3v) is 3.87. The number of carbonyl (C=O) groups is 1. The van der Waals surface area contributed by atoms with Gasteiger partial charge in [-0.2, -0.15) is 0 Å². The van der Waals surface area contributed by atoms with Crippen LogP contribution in [0.25, 0.3) is 0 Å². The van der Waals surface area contributed by atoms with Crippen LogP contribution in [0, 0.1) is 11.6 Å². The van der Waals surface area contributed by atoms with Gasteiger partial charge in [-0.25, -0.2) is 8.78 Å². The van der Waals surface area contributed by atoms with E-state index in [9.17, 15) is 13.6 Å². The quantitative estimate of drug-likeness (QED) is 0.688. The zero-order valence-electron chi connectivity index (χ0n) is 14.6. The average Bonchev–Trinajstić information content (AvgIpc) is 2.60. The molecule has 0 unspecified atom stereocenters. The Morgan fingerprint density at radius 2 is 1.69 bits per heavy atom. The van der Waals surface area contributed by atoms with Crippen molar-refractivity contribution in [1.29, 1.82) is 0 Å². The number of halogens is 3. The van der Waals surface area contributed by atoms with Crippen molar-refractivity contribution in [1.82, 2.24) is 5.32 Å². The first kappa shape index (κ1) is 20.0. The summed E-state index contributed by atoms with van der Waals surface area (Å²) in [6.07, 6.45) is 0.527. The predicted octanol–water partition coefficient (Wildman–Crippen LogP) is 4.39. The number of hydrogen-bond donors (Lipinski definition) is 1. The Labute approximate surface area is 156 Å². The van der Waals surface area contributed by atoms with Crippen LogP contribution in [0.2, 0.25) is 5.02 Å². The zero-order chi connectivity index (χ0) is 19.1. The summed E-state index contributed by atoms with van der Waals surface area (Å²) in [5, 5.41) is 2.50. The van der Waals surface area contributed by atoms with Crippen LogP contribution in [0.1, 0.15) is 29.8 Å². The lowest BCUT2D eigenvalue weighted by atomic mass is 10.1. The van der Waals surface area contributed by atoms with Crippen LogP contribution in [0.5, 0.6) is 11.5 Å². The highest BCUT2D eigenvalue weighted by atomic mass is 35.5. The van der Waals surface area contributed by atoms with E-state index in [-0.39, 0.29) is 10.6 Å². The highest BCUT2D eigenvalue weighted by Gasteiger charge is 2.15. The lowest BCUT2D eigenvalue weighted by Gasteiger charge is -2.13. The molecule has 2 rings (SSSR count). The van der Waals surface area contributed by atoms with Crippen molar-refractivity contribution in [3.63, 3.8) is 0 Å². The minimum atomic E-state index is -1.12. The van der Waals surface area contributed by atoms with Crippen molar-refractivity contribution >= 4 is 17.5 Å². The number of ether oxygens (including phenoxy) is 2. The van der Waals surface area contributed by atoms with Gasteiger partial charge in [0.25, 0.3) is 5.91 Å². The highest BCUT2D eigenvalue weighted by Crippen LogP contribution is 2.28. The van der Waals surface area contributed by atoms with Crippen LogP contribution in [0.3, 0.4) is 0 Å². The Morgan fingerprint density at radius 3 is 2.38 bits per heavy atom. The average molecular weight is 384 g/mol. The summed E-state index contributed by atoms with van der Waals surface area (Å²) >= 11 is 5.80. The number of benzene rings is 2. The first-order chi connectivity index (χ1) is 12.5. The van der Waals surface area contributed by atoms with Gasteiger partial charge in [-0.1, -0.05) is 17.7 Å². The maximum atomic E-state index is 13.3. The van der Waals surface area contributed by atoms with Crippen molar-refractivity contribution in [2.24, 2.45) is 0 Å². The summed E-state index contributed by atoms with van der Waals surface area (Å²) in [7, 11) is 0. The molecule has 7 heteroatoms. The van der Waals surface area contributed by atoms with Crippen LogP contribution >= 0.6 is 11.6 Å². The molecule has 0 spiro atoms. The normalized spacial score (nSPS) is 10.5. The monoisotopic (exact) mass is 383 g/mol. The van der Waals surface area contributed by atoms with E-state index in [2.05, 4.69) is 5.32 Å². The minimum absolute atomic E-state index is 0.104. The van der Waals surface area contributed by atoms with Gasteiger partial charge in [0.05, 0.1) is 23.8 Å². The topological polar surface area (TPSA) is 47.6 Å². The SMILES string of the molecule is CCOc1ccc(CCNC(=O)c2cc(F)c(F)cc2Cl)cc1OCC. The Bertz CT molecular complexity index is 784. The van der Waals surface area contributed by atoms with Crippen molar-refractivity contribution in [3.8, 4) is 11.5 Å². The summed E-state index contributed by atoms with van der Waals surface area (Å²) in [6, 6.07) is 7.12. The summed E-state index contributed by atoms with van der Waals surface area (Å²) in [5.41, 5.74) is 0.834. The van der Waals surface area contributed by atoms with E-state index in [4.69, 9.17) is 21.1 Å². The fourth-order valence-electron chi connectivity index (χ4n) is 2.36. The largest absolute Gasteiger partial charge is 0.490 e. The lowest BCUT2D eigenvalue weighted by Crippen LogP contribution is -2.26. The molecule has 0 aliphatic heterocycles. The molecule has 26 heavy (non-hydrogen) atoms. The number of rotatable bonds is 8. The molecule has 0 aliphatic rings. The number of carbonyl (C=O) groups excluding carboxylic acids is 1. The van der Waals surface area contributed by atoms with E-state index < -0.39 is 17.5 Å². The van der Waals surface area contributed by atoms with Gasteiger partial charge in [0, 0.05) is 6.54 Å². The van der Waals surface area contributed by atoms with Crippen molar-refractivity contribution in [2.45, 2.75) is 20.3 Å². The molecule has 1 N–H and O–H groups in total. The highest BCUT2D eigenvalue weighted by molar-refractivity contribution is 6.33. The maximum absolute atomic E-state index is 13.3. The Kier molecular flexibility index (Phi) is 7.21. The maximum Gasteiger partial charge on any atom is 0.252 e. The number of hydrogen-bond acceptors (Lipinski definition) is 3. The Morgan fingerprint density at radius 1 is 1.04 bits per heavy atom. The molecule has 4 nitrogen and oxygen atoms in total. The summed E-state index contributed by atoms with van der Waals surface area (Å²) in [6.45, 7) is 5.11. The van der Waals surface area contributed by atoms with Gasteiger partial charge >= 0.3 is 0 Å². The molecule has 0 aromatic heterocycles. The minimum Gasteiger partial charge on any atom is -0.490 e. The summed E-state index contributed by atoms with van der Waals surface area (Å²) in [5.74, 6) is -1.47. The van der Waals surface area contributed by atoms with E-state index in [0.717, 1.165) is 17.7 Å². The summed E-state index contributed by atoms with van der Waals surface area (Å²) in [4.78, 5) is 12.1. The molecule has 0 atom stereocenters. The fraction of sp³-hybridized carbons (Fsp3) is 0.316. The van der Waals surface area contributed by atoms with E-state index in [1.807, 2.05) is 32.0 Å². The first-order valence-corrected chi connectivity index (χ1v) is 8.65. The molecule has 140 valence electrons. The van der Waals surface area contributed by atoms with Gasteiger partial charge in [-0.3, -0.25) is 4.79 Å². The van der Waals surface area contributed by atoms with Gasteiger partial charge in [0.15, 0.2) is 23.1 Å². The predicted molar refractivity (Wildman–Crippen MR) is 96.2 cm³/mol. The first-order valence-electron chi connectivity index (χ1n) is 8.27. The molecule has 2 aromatic carbocycles. The second-order valence-corrected chi connectivity index (χ2v) is 5.81. The molecular weight excluding hydrogens is 364 g/mol. The van der Waals surface area contributed by atoms with Gasteiger partial charge < -0.3 is 14.8 Å². The molecular formula is C19H20ClF2NO3. The molecule has 0 radical (unpaired) electrons. The molecule has 0 saturated heterocycles. The van der Waals surface area contributed by atoms with E-state index in [1.54, 1.807) is 0 Å². The molecule has 0 heterocycles. The second kappa shape index (κ2) is 9.38. The van der Waals surface area contributed by atoms with Crippen LogP contribution in [0.15, 0.2) is 30.3 Å². The molecule has 0 bridgehead atoms. The molecule has 2 aromatic rings. The van der Waals surface area contributed by atoms with Crippen LogP contribution in [0.4, 0.5) is 8.78 Å². The van der Waals surface area contributed by atoms with Crippen LogP contribution in [-0.2, 0) is 6.42 Å². The molecule has 0 aliphatic carbocycles. The third-order valence-electron chi connectivity index (χ3n) is 3.56. The fourth-order valence-corrected chi connectivity index (χ4v) is 2.60. The van der Waals surface area contributed by atoms with Gasteiger partial charge in [0.2, 0.25) is 0 Å². The summed E-state index contributed by atoms with van der Waals surface area (Å²) < 4.78 is 37.4. The number of amides is 1. The molecule has 0 fully saturated rings. The number of nitrogens with one attached hydrogen (secondary N) is 1. The molecule has 1 amide bonds. The van der Waals surface area contributed by atoms with Gasteiger partial charge in [-0.15, -0.1) is 0 Å². The molecule has 0 saturated carbocycles. The Balaban J connectivity index is 2.00.